The Hall–Kier alpha value is -0.560. The molecule has 0 nitrogen and oxygen atoms in total. The maximum Gasteiger partial charge on any atom is 0.123 e. The second kappa shape index (κ2) is 4.73. The lowest BCUT2D eigenvalue weighted by Gasteiger charge is -2.58. The van der Waals surface area contributed by atoms with Crippen molar-refractivity contribution in [3.63, 3.8) is 0 Å². The van der Waals surface area contributed by atoms with Crippen LogP contribution >= 0.6 is 11.6 Å². The van der Waals surface area contributed by atoms with E-state index in [1.807, 2.05) is 12.1 Å². The van der Waals surface area contributed by atoms with E-state index in [4.69, 9.17) is 11.6 Å². The molecule has 0 amide bonds. The standard InChI is InChI=1S/C18H22ClF/c19-17(8-12-1-3-16(20)4-2-12)18-9-13-5-14(10-18)7-15(6-13)11-18/h1-4,13-15,17H,5-11H2. The van der Waals surface area contributed by atoms with E-state index in [1.54, 1.807) is 12.1 Å². The van der Waals surface area contributed by atoms with Crippen LogP contribution in [0, 0.1) is 29.0 Å². The summed E-state index contributed by atoms with van der Waals surface area (Å²) in [5, 5.41) is 0.223. The zero-order valence-electron chi connectivity index (χ0n) is 11.8. The monoisotopic (exact) mass is 292 g/mol. The second-order valence-electron chi connectivity index (χ2n) is 7.58. The van der Waals surface area contributed by atoms with E-state index in [0.29, 0.717) is 5.41 Å². The molecule has 0 N–H and O–H groups in total. The van der Waals surface area contributed by atoms with Crippen LogP contribution in [0.25, 0.3) is 0 Å². The Balaban J connectivity index is 1.53. The number of benzene rings is 1. The molecule has 0 aromatic heterocycles. The van der Waals surface area contributed by atoms with Crippen molar-refractivity contribution in [1.29, 1.82) is 0 Å². The summed E-state index contributed by atoms with van der Waals surface area (Å²) in [5.41, 5.74) is 1.56. The fraction of sp³-hybridized carbons (Fsp3) is 0.667. The number of rotatable bonds is 3. The third kappa shape index (κ3) is 2.19. The van der Waals surface area contributed by atoms with Crippen molar-refractivity contribution in [2.24, 2.45) is 23.2 Å². The van der Waals surface area contributed by atoms with Gasteiger partial charge in [0.2, 0.25) is 0 Å². The van der Waals surface area contributed by atoms with Crippen molar-refractivity contribution in [2.45, 2.75) is 50.3 Å². The topological polar surface area (TPSA) is 0 Å². The van der Waals surface area contributed by atoms with Crippen LogP contribution in [0.4, 0.5) is 4.39 Å². The number of hydrogen-bond acceptors (Lipinski definition) is 0. The molecule has 0 saturated heterocycles. The summed E-state index contributed by atoms with van der Waals surface area (Å²) in [6.07, 6.45) is 9.29. The van der Waals surface area contributed by atoms with E-state index < -0.39 is 0 Å². The van der Waals surface area contributed by atoms with Crippen LogP contribution in [0.1, 0.15) is 44.1 Å². The highest BCUT2D eigenvalue weighted by Gasteiger charge is 2.53. The van der Waals surface area contributed by atoms with Crippen molar-refractivity contribution in [3.05, 3.63) is 35.6 Å². The normalized spacial score (nSPS) is 40.0. The van der Waals surface area contributed by atoms with Gasteiger partial charge in [0.15, 0.2) is 0 Å². The third-order valence-corrected chi connectivity index (χ3v) is 6.70. The van der Waals surface area contributed by atoms with Gasteiger partial charge in [-0.1, -0.05) is 12.1 Å². The number of halogens is 2. The van der Waals surface area contributed by atoms with Gasteiger partial charge in [0.05, 0.1) is 0 Å². The summed E-state index contributed by atoms with van der Waals surface area (Å²) in [6, 6.07) is 6.90. The first-order valence-electron chi connectivity index (χ1n) is 8.01. The Bertz CT molecular complexity index is 457. The highest BCUT2D eigenvalue weighted by atomic mass is 35.5. The molecule has 1 unspecified atom stereocenters. The molecule has 1 aromatic rings. The molecule has 4 fully saturated rings. The highest BCUT2D eigenvalue weighted by molar-refractivity contribution is 6.21. The summed E-state index contributed by atoms with van der Waals surface area (Å²) < 4.78 is 13.0. The summed E-state index contributed by atoms with van der Waals surface area (Å²) in [6.45, 7) is 0. The molecule has 2 heteroatoms. The van der Waals surface area contributed by atoms with Gasteiger partial charge >= 0.3 is 0 Å². The van der Waals surface area contributed by atoms with Gasteiger partial charge in [-0.05, 0) is 85.8 Å². The first-order chi connectivity index (χ1) is 9.63. The molecular formula is C18H22ClF. The molecule has 1 atom stereocenters. The maximum absolute atomic E-state index is 13.0. The molecule has 5 rings (SSSR count). The van der Waals surface area contributed by atoms with E-state index in [1.165, 1.54) is 44.1 Å². The van der Waals surface area contributed by atoms with E-state index in [9.17, 15) is 4.39 Å². The minimum atomic E-state index is -0.158. The summed E-state index contributed by atoms with van der Waals surface area (Å²) in [5.74, 6) is 2.66. The fourth-order valence-electron chi connectivity index (χ4n) is 5.61. The molecule has 1 aromatic carbocycles. The molecule has 4 bridgehead atoms. The lowest BCUT2D eigenvalue weighted by Crippen LogP contribution is -2.50. The van der Waals surface area contributed by atoms with Crippen molar-refractivity contribution >= 4 is 11.6 Å². The Morgan fingerprint density at radius 3 is 2.00 bits per heavy atom. The van der Waals surface area contributed by atoms with Gasteiger partial charge in [-0.15, -0.1) is 11.6 Å². The van der Waals surface area contributed by atoms with E-state index in [0.717, 1.165) is 24.2 Å². The van der Waals surface area contributed by atoms with Gasteiger partial charge in [-0.25, -0.2) is 4.39 Å². The SMILES string of the molecule is Fc1ccc(CC(Cl)C23CC4CC(CC(C4)C2)C3)cc1. The van der Waals surface area contributed by atoms with Gasteiger partial charge in [-0.2, -0.15) is 0 Å². The molecule has 0 spiro atoms. The van der Waals surface area contributed by atoms with Gasteiger partial charge < -0.3 is 0 Å². The third-order valence-electron chi connectivity index (χ3n) is 6.08. The Morgan fingerprint density at radius 2 is 1.50 bits per heavy atom. The van der Waals surface area contributed by atoms with E-state index in [2.05, 4.69) is 0 Å². The highest BCUT2D eigenvalue weighted by Crippen LogP contribution is 2.62. The summed E-state index contributed by atoms with van der Waals surface area (Å²) in [4.78, 5) is 0. The van der Waals surface area contributed by atoms with Crippen LogP contribution in [0.2, 0.25) is 0 Å². The average Bonchev–Trinajstić information content (AvgIpc) is 2.40. The van der Waals surface area contributed by atoms with E-state index in [-0.39, 0.29) is 11.2 Å². The van der Waals surface area contributed by atoms with Crippen molar-refractivity contribution < 1.29 is 4.39 Å². The molecule has 108 valence electrons. The van der Waals surface area contributed by atoms with Crippen LogP contribution in [-0.2, 0) is 6.42 Å². The second-order valence-corrected chi connectivity index (χ2v) is 8.10. The molecule has 0 aliphatic heterocycles. The van der Waals surface area contributed by atoms with Crippen LogP contribution in [0.3, 0.4) is 0 Å². The predicted molar refractivity (Wildman–Crippen MR) is 80.4 cm³/mol. The van der Waals surface area contributed by atoms with E-state index >= 15 is 0 Å². The summed E-state index contributed by atoms with van der Waals surface area (Å²) in [7, 11) is 0. The van der Waals surface area contributed by atoms with Crippen LogP contribution in [-0.4, -0.2) is 5.38 Å². The number of hydrogen-bond donors (Lipinski definition) is 0. The molecule has 0 radical (unpaired) electrons. The zero-order chi connectivity index (χ0) is 13.7. The Kier molecular flexibility index (Phi) is 3.10. The van der Waals surface area contributed by atoms with Crippen molar-refractivity contribution in [1.82, 2.24) is 0 Å². The fourth-order valence-corrected chi connectivity index (χ4v) is 6.05. The lowest BCUT2D eigenvalue weighted by molar-refractivity contribution is -0.0545. The van der Waals surface area contributed by atoms with Crippen molar-refractivity contribution in [2.75, 3.05) is 0 Å². The van der Waals surface area contributed by atoms with Crippen molar-refractivity contribution in [3.8, 4) is 0 Å². The first-order valence-corrected chi connectivity index (χ1v) is 8.45. The summed E-state index contributed by atoms with van der Waals surface area (Å²) >= 11 is 6.88. The molecular weight excluding hydrogens is 271 g/mol. The first kappa shape index (κ1) is 13.1. The maximum atomic E-state index is 13.0. The zero-order valence-corrected chi connectivity index (χ0v) is 12.6. The quantitative estimate of drug-likeness (QED) is 0.672. The predicted octanol–water partition coefficient (Wildman–Crippen LogP) is 5.19. The van der Waals surface area contributed by atoms with Crippen LogP contribution in [0.15, 0.2) is 24.3 Å². The largest absolute Gasteiger partial charge is 0.207 e. The Labute approximate surface area is 125 Å². The van der Waals surface area contributed by atoms with Crippen LogP contribution < -0.4 is 0 Å². The number of alkyl halides is 1. The molecule has 20 heavy (non-hydrogen) atoms. The lowest BCUT2D eigenvalue weighted by atomic mass is 9.48. The average molecular weight is 293 g/mol. The molecule has 4 saturated carbocycles. The molecule has 4 aliphatic rings. The van der Waals surface area contributed by atoms with Crippen LogP contribution in [0.5, 0.6) is 0 Å². The minimum absolute atomic E-state index is 0.158. The van der Waals surface area contributed by atoms with Gasteiger partial charge in [0.1, 0.15) is 5.82 Å². The van der Waals surface area contributed by atoms with Gasteiger partial charge in [0.25, 0.3) is 0 Å². The van der Waals surface area contributed by atoms with Gasteiger partial charge in [-0.3, -0.25) is 0 Å². The Morgan fingerprint density at radius 1 is 1.00 bits per heavy atom. The van der Waals surface area contributed by atoms with Gasteiger partial charge in [0, 0.05) is 5.38 Å². The molecule has 4 aliphatic carbocycles. The minimum Gasteiger partial charge on any atom is -0.207 e. The smallest absolute Gasteiger partial charge is 0.123 e. The molecule has 0 heterocycles.